The van der Waals surface area contributed by atoms with Crippen molar-refractivity contribution < 1.29 is 0 Å². The van der Waals surface area contributed by atoms with Gasteiger partial charge in [-0.25, -0.2) is 0 Å². The van der Waals surface area contributed by atoms with Gasteiger partial charge in [0.2, 0.25) is 0 Å². The molecule has 1 heteroatoms. The summed E-state index contributed by atoms with van der Waals surface area (Å²) in [4.78, 5) is 0. The van der Waals surface area contributed by atoms with E-state index >= 15 is 0 Å². The van der Waals surface area contributed by atoms with Gasteiger partial charge < -0.3 is 0 Å². The first-order valence-corrected chi connectivity index (χ1v) is 10.6. The van der Waals surface area contributed by atoms with E-state index < -0.39 is 8.07 Å². The highest BCUT2D eigenvalue weighted by molar-refractivity contribution is 6.76. The minimum atomic E-state index is -0.985. The second kappa shape index (κ2) is 3.84. The van der Waals surface area contributed by atoms with Gasteiger partial charge in [-0.3, -0.25) is 0 Å². The monoisotopic (exact) mass is 242 g/mol. The van der Waals surface area contributed by atoms with E-state index in [1.807, 2.05) is 0 Å². The van der Waals surface area contributed by atoms with E-state index in [9.17, 15) is 0 Å². The Morgan fingerprint density at radius 2 is 1.94 bits per heavy atom. The summed E-state index contributed by atoms with van der Waals surface area (Å²) < 4.78 is 0. The minimum Gasteiger partial charge on any atom is -0.0693 e. The molecule has 0 fully saturated rings. The van der Waals surface area contributed by atoms with E-state index in [-0.39, 0.29) is 0 Å². The van der Waals surface area contributed by atoms with Crippen molar-refractivity contribution in [3.05, 3.63) is 46.1 Å². The number of rotatable bonds is 2. The lowest BCUT2D eigenvalue weighted by atomic mass is 9.90. The van der Waals surface area contributed by atoms with Crippen LogP contribution in [-0.2, 0) is 0 Å². The second-order valence-corrected chi connectivity index (χ2v) is 12.3. The summed E-state index contributed by atoms with van der Waals surface area (Å²) in [6.45, 7) is 7.41. The van der Waals surface area contributed by atoms with Crippen molar-refractivity contribution in [1.82, 2.24) is 0 Å². The fourth-order valence-corrected chi connectivity index (χ4v) is 4.75. The van der Waals surface area contributed by atoms with Crippen LogP contribution in [-0.4, -0.2) is 8.07 Å². The molecule has 0 nitrogen and oxygen atoms in total. The first-order chi connectivity index (χ1) is 8.03. The average molecular weight is 242 g/mol. The molecule has 0 aliphatic heterocycles. The maximum absolute atomic E-state index is 2.47. The minimum absolute atomic E-state index is 0.985. The van der Waals surface area contributed by atoms with Crippen LogP contribution in [0.4, 0.5) is 0 Å². The van der Waals surface area contributed by atoms with Gasteiger partial charge in [0.15, 0.2) is 0 Å². The molecule has 0 spiro atoms. The van der Waals surface area contributed by atoms with Crippen LogP contribution in [0.3, 0.4) is 0 Å². The Hall–Kier alpha value is -0.823. The van der Waals surface area contributed by atoms with E-state index in [2.05, 4.69) is 37.9 Å². The number of allylic oxidation sites excluding steroid dienone is 8. The van der Waals surface area contributed by atoms with Crippen molar-refractivity contribution in [2.75, 3.05) is 0 Å². The molecule has 90 valence electrons. The standard InChI is InChI=1S/C16H22Si/c1-17(2,3)11-15-8-7-14-9-12-5-4-6-13(12)10-16(14)15/h7-9H,4-6,10-11H2,1-3H3. The van der Waals surface area contributed by atoms with Gasteiger partial charge in [-0.05, 0) is 54.0 Å². The first kappa shape index (κ1) is 11.3. The molecule has 0 saturated heterocycles. The quantitative estimate of drug-likeness (QED) is 0.598. The Balaban J connectivity index is 1.92. The summed E-state index contributed by atoms with van der Waals surface area (Å²) in [5.74, 6) is 0. The maximum Gasteiger partial charge on any atom is 0.0487 e. The van der Waals surface area contributed by atoms with Crippen LogP contribution in [0.2, 0.25) is 25.7 Å². The molecule has 0 N–H and O–H groups in total. The topological polar surface area (TPSA) is 0 Å². The van der Waals surface area contributed by atoms with Crippen molar-refractivity contribution >= 4 is 8.07 Å². The molecule has 0 aromatic rings. The third-order valence-corrected chi connectivity index (χ3v) is 5.46. The summed E-state index contributed by atoms with van der Waals surface area (Å²) >= 11 is 0. The highest BCUT2D eigenvalue weighted by atomic mass is 28.3. The molecule has 3 rings (SSSR count). The zero-order valence-corrected chi connectivity index (χ0v) is 12.3. The van der Waals surface area contributed by atoms with Crippen LogP contribution in [0.5, 0.6) is 0 Å². The molecule has 0 heterocycles. The van der Waals surface area contributed by atoms with Gasteiger partial charge in [0.1, 0.15) is 0 Å². The maximum atomic E-state index is 2.47. The third-order valence-electron chi connectivity index (χ3n) is 4.02. The molecule has 17 heavy (non-hydrogen) atoms. The first-order valence-electron chi connectivity index (χ1n) is 6.86. The fraction of sp³-hybridized carbons (Fsp3) is 0.500. The Bertz CT molecular complexity index is 478. The van der Waals surface area contributed by atoms with Crippen molar-refractivity contribution in [1.29, 1.82) is 0 Å². The van der Waals surface area contributed by atoms with Crippen LogP contribution < -0.4 is 0 Å². The zero-order valence-electron chi connectivity index (χ0n) is 11.3. The normalized spacial score (nSPS) is 23.1. The molecule has 0 unspecified atom stereocenters. The molecule has 0 radical (unpaired) electrons. The van der Waals surface area contributed by atoms with Gasteiger partial charge in [0, 0.05) is 8.07 Å². The molecule has 3 aliphatic carbocycles. The van der Waals surface area contributed by atoms with Crippen LogP contribution in [0.15, 0.2) is 46.1 Å². The Morgan fingerprint density at radius 1 is 1.12 bits per heavy atom. The lowest BCUT2D eigenvalue weighted by Gasteiger charge is -2.20. The van der Waals surface area contributed by atoms with Gasteiger partial charge in [-0.15, -0.1) is 0 Å². The van der Waals surface area contributed by atoms with Crippen molar-refractivity contribution in [2.45, 2.75) is 51.4 Å². The van der Waals surface area contributed by atoms with Gasteiger partial charge in [-0.2, -0.15) is 0 Å². The second-order valence-electron chi connectivity index (χ2n) is 6.83. The van der Waals surface area contributed by atoms with Crippen molar-refractivity contribution in [3.8, 4) is 0 Å². The van der Waals surface area contributed by atoms with E-state index in [4.69, 9.17) is 0 Å². The number of hydrogen-bond donors (Lipinski definition) is 0. The summed E-state index contributed by atoms with van der Waals surface area (Å²) in [6.07, 6.45) is 12.5. The Morgan fingerprint density at radius 3 is 2.71 bits per heavy atom. The van der Waals surface area contributed by atoms with E-state index in [1.165, 1.54) is 37.3 Å². The van der Waals surface area contributed by atoms with Crippen LogP contribution in [0.25, 0.3) is 0 Å². The smallest absolute Gasteiger partial charge is 0.0487 e. The number of fused-ring (bicyclic) bond motifs is 1. The molecule has 0 amide bonds. The Kier molecular flexibility index (Phi) is 2.55. The average Bonchev–Trinajstić information content (AvgIpc) is 2.80. The van der Waals surface area contributed by atoms with Crippen molar-refractivity contribution in [2.24, 2.45) is 0 Å². The van der Waals surface area contributed by atoms with E-state index in [1.54, 1.807) is 22.3 Å². The van der Waals surface area contributed by atoms with Gasteiger partial charge >= 0.3 is 0 Å². The van der Waals surface area contributed by atoms with E-state index in [0.29, 0.717) is 0 Å². The summed E-state index contributed by atoms with van der Waals surface area (Å²) in [5, 5.41) is 0. The number of hydrogen-bond acceptors (Lipinski definition) is 0. The molecule has 3 aliphatic rings. The zero-order chi connectivity index (χ0) is 12.0. The lowest BCUT2D eigenvalue weighted by Crippen LogP contribution is -2.19. The molecule has 0 aromatic heterocycles. The van der Waals surface area contributed by atoms with Crippen LogP contribution in [0, 0.1) is 0 Å². The molecule has 0 aromatic carbocycles. The summed E-state index contributed by atoms with van der Waals surface area (Å²) in [5.41, 5.74) is 8.23. The van der Waals surface area contributed by atoms with Crippen LogP contribution >= 0.6 is 0 Å². The predicted molar refractivity (Wildman–Crippen MR) is 77.9 cm³/mol. The molecule has 0 bridgehead atoms. The van der Waals surface area contributed by atoms with Gasteiger partial charge in [-0.1, -0.05) is 43.4 Å². The van der Waals surface area contributed by atoms with Gasteiger partial charge in [0.25, 0.3) is 0 Å². The molecule has 0 atom stereocenters. The molecule has 0 saturated carbocycles. The van der Waals surface area contributed by atoms with E-state index in [0.717, 1.165) is 0 Å². The van der Waals surface area contributed by atoms with Crippen LogP contribution in [0.1, 0.15) is 25.7 Å². The Labute approximate surface area is 106 Å². The highest BCUT2D eigenvalue weighted by Crippen LogP contribution is 2.43. The SMILES string of the molecule is C[Si](C)(C)CC1=C2CC3=C(C=C2C=C1)CCC3. The highest BCUT2D eigenvalue weighted by Gasteiger charge is 2.26. The third kappa shape index (κ3) is 2.13. The summed E-state index contributed by atoms with van der Waals surface area (Å²) in [7, 11) is -0.985. The fourth-order valence-electron chi connectivity index (χ4n) is 3.27. The lowest BCUT2D eigenvalue weighted by molar-refractivity contribution is 0.885. The largest absolute Gasteiger partial charge is 0.0693 e. The molecular weight excluding hydrogens is 220 g/mol. The summed E-state index contributed by atoms with van der Waals surface area (Å²) in [6, 6.07) is 1.35. The predicted octanol–water partition coefficient (Wildman–Crippen LogP) is 5.00. The molecular formula is C16H22Si. The van der Waals surface area contributed by atoms with Crippen molar-refractivity contribution in [3.63, 3.8) is 0 Å². The van der Waals surface area contributed by atoms with Gasteiger partial charge in [0.05, 0.1) is 0 Å².